The molecule has 3 rings (SSSR count). The van der Waals surface area contributed by atoms with E-state index in [1.807, 2.05) is 24.3 Å². The molecule has 1 N–H and O–H groups in total. The molecule has 2 aliphatic heterocycles. The molecule has 1 unspecified atom stereocenters. The van der Waals surface area contributed by atoms with Crippen molar-refractivity contribution in [2.45, 2.75) is 44.6 Å². The molecule has 0 bridgehead atoms. The summed E-state index contributed by atoms with van der Waals surface area (Å²) in [6.07, 6.45) is 4.14. The Morgan fingerprint density at radius 1 is 1.22 bits per heavy atom. The average molecular weight is 373 g/mol. The molecule has 2 aliphatic rings. The fraction of sp³-hybridized carbons (Fsp3) is 0.550. The fourth-order valence-corrected chi connectivity index (χ4v) is 3.64. The largest absolute Gasteiger partial charge is 0.497 e. The van der Waals surface area contributed by atoms with E-state index < -0.39 is 0 Å². The van der Waals surface area contributed by atoms with Crippen molar-refractivity contribution in [3.05, 3.63) is 24.3 Å². The van der Waals surface area contributed by atoms with Crippen LogP contribution < -0.4 is 15.0 Å². The molecule has 1 atom stereocenters. The lowest BCUT2D eigenvalue weighted by Gasteiger charge is -2.21. The van der Waals surface area contributed by atoms with Gasteiger partial charge < -0.3 is 19.9 Å². The highest BCUT2D eigenvalue weighted by Gasteiger charge is 2.31. The van der Waals surface area contributed by atoms with E-state index in [0.717, 1.165) is 31.5 Å². The van der Waals surface area contributed by atoms with Crippen molar-refractivity contribution in [2.24, 2.45) is 0 Å². The Balaban J connectivity index is 1.50. The number of hydrogen-bond acceptors (Lipinski definition) is 4. The van der Waals surface area contributed by atoms with Crippen LogP contribution in [0, 0.1) is 0 Å². The van der Waals surface area contributed by atoms with E-state index in [-0.39, 0.29) is 36.6 Å². The van der Waals surface area contributed by atoms with Crippen LogP contribution in [0.4, 0.5) is 5.69 Å². The number of rotatable bonds is 6. The summed E-state index contributed by atoms with van der Waals surface area (Å²) in [5.74, 6) is 0.698. The van der Waals surface area contributed by atoms with Crippen LogP contribution in [0.2, 0.25) is 0 Å². The van der Waals surface area contributed by atoms with Crippen molar-refractivity contribution in [3.63, 3.8) is 0 Å². The van der Waals surface area contributed by atoms with Crippen LogP contribution >= 0.6 is 0 Å². The van der Waals surface area contributed by atoms with Crippen molar-refractivity contribution in [1.29, 1.82) is 0 Å². The molecule has 7 nitrogen and oxygen atoms in total. The lowest BCUT2D eigenvalue weighted by atomic mass is 10.2. The average Bonchev–Trinajstić information content (AvgIpc) is 2.90. The van der Waals surface area contributed by atoms with E-state index in [2.05, 4.69) is 5.32 Å². The Labute approximate surface area is 159 Å². The van der Waals surface area contributed by atoms with Gasteiger partial charge in [-0.05, 0) is 25.0 Å². The van der Waals surface area contributed by atoms with Crippen LogP contribution in [0.15, 0.2) is 24.3 Å². The van der Waals surface area contributed by atoms with Gasteiger partial charge in [0, 0.05) is 50.7 Å². The quantitative estimate of drug-likeness (QED) is 0.823. The zero-order valence-corrected chi connectivity index (χ0v) is 15.8. The van der Waals surface area contributed by atoms with Gasteiger partial charge in [0.15, 0.2) is 0 Å². The number of ether oxygens (including phenoxy) is 1. The predicted molar refractivity (Wildman–Crippen MR) is 102 cm³/mol. The highest BCUT2D eigenvalue weighted by molar-refractivity contribution is 5.97. The van der Waals surface area contributed by atoms with Gasteiger partial charge in [-0.3, -0.25) is 14.4 Å². The zero-order chi connectivity index (χ0) is 19.2. The number of methoxy groups -OCH3 is 1. The smallest absolute Gasteiger partial charge is 0.229 e. The van der Waals surface area contributed by atoms with Crippen molar-refractivity contribution >= 4 is 23.4 Å². The van der Waals surface area contributed by atoms with Gasteiger partial charge in [-0.1, -0.05) is 12.5 Å². The Hall–Kier alpha value is -2.57. The highest BCUT2D eigenvalue weighted by atomic mass is 16.5. The number of nitrogens with one attached hydrogen (secondary N) is 1. The molecule has 0 aliphatic carbocycles. The number of carbonyl (C=O) groups excluding carboxylic acids is 3. The minimum Gasteiger partial charge on any atom is -0.497 e. The van der Waals surface area contributed by atoms with E-state index in [4.69, 9.17) is 4.74 Å². The topological polar surface area (TPSA) is 79.0 Å². The van der Waals surface area contributed by atoms with Gasteiger partial charge in [0.25, 0.3) is 0 Å². The molecule has 7 heteroatoms. The van der Waals surface area contributed by atoms with Crippen LogP contribution in [0.5, 0.6) is 5.75 Å². The number of amides is 3. The van der Waals surface area contributed by atoms with Crippen molar-refractivity contribution in [2.75, 3.05) is 31.6 Å². The first-order chi connectivity index (χ1) is 13.1. The van der Waals surface area contributed by atoms with E-state index in [1.54, 1.807) is 16.9 Å². The summed E-state index contributed by atoms with van der Waals surface area (Å²) in [7, 11) is 1.59. The standard InChI is InChI=1S/C20H27N3O4/c1-27-17-7-5-6-16(13-17)23-14-15(12-20(23)26)21-18(24)9-11-22-10-4-2-3-8-19(22)25/h5-7,13,15H,2-4,8-12,14H2,1H3,(H,21,24). The minimum atomic E-state index is -0.212. The Bertz CT molecular complexity index is 706. The van der Waals surface area contributed by atoms with Crippen LogP contribution in [0.25, 0.3) is 0 Å². The molecule has 0 spiro atoms. The fourth-order valence-electron chi connectivity index (χ4n) is 3.64. The van der Waals surface area contributed by atoms with E-state index >= 15 is 0 Å². The first-order valence-corrected chi connectivity index (χ1v) is 9.58. The maximum absolute atomic E-state index is 12.3. The minimum absolute atomic E-state index is 0.0174. The number of benzene rings is 1. The first-order valence-electron chi connectivity index (χ1n) is 9.58. The lowest BCUT2D eigenvalue weighted by Crippen LogP contribution is -2.40. The van der Waals surface area contributed by atoms with Crippen LogP contribution in [0.3, 0.4) is 0 Å². The molecule has 27 heavy (non-hydrogen) atoms. The van der Waals surface area contributed by atoms with Gasteiger partial charge in [-0.15, -0.1) is 0 Å². The molecule has 0 saturated carbocycles. The van der Waals surface area contributed by atoms with E-state index in [9.17, 15) is 14.4 Å². The first kappa shape index (κ1) is 19.2. The molecular weight excluding hydrogens is 346 g/mol. The number of anilines is 1. The van der Waals surface area contributed by atoms with Crippen molar-refractivity contribution in [3.8, 4) is 5.75 Å². The van der Waals surface area contributed by atoms with Gasteiger partial charge in [-0.25, -0.2) is 0 Å². The zero-order valence-electron chi connectivity index (χ0n) is 15.8. The Morgan fingerprint density at radius 2 is 2.07 bits per heavy atom. The molecule has 2 saturated heterocycles. The normalized spacial score (nSPS) is 20.6. The van der Waals surface area contributed by atoms with E-state index in [0.29, 0.717) is 25.3 Å². The molecule has 0 radical (unpaired) electrons. The number of nitrogens with zero attached hydrogens (tertiary/aromatic N) is 2. The second-order valence-corrected chi connectivity index (χ2v) is 7.12. The molecule has 2 fully saturated rings. The summed E-state index contributed by atoms with van der Waals surface area (Å²) in [5.41, 5.74) is 0.770. The Kier molecular flexibility index (Phi) is 6.32. The second kappa shape index (κ2) is 8.88. The number of carbonyl (C=O) groups is 3. The molecule has 3 amide bonds. The van der Waals surface area contributed by atoms with Gasteiger partial charge in [-0.2, -0.15) is 0 Å². The third kappa shape index (κ3) is 4.99. The monoisotopic (exact) mass is 373 g/mol. The summed E-state index contributed by atoms with van der Waals surface area (Å²) in [5, 5.41) is 2.94. The van der Waals surface area contributed by atoms with Crippen molar-refractivity contribution in [1.82, 2.24) is 10.2 Å². The Morgan fingerprint density at radius 3 is 2.89 bits per heavy atom. The van der Waals surface area contributed by atoms with Crippen molar-refractivity contribution < 1.29 is 19.1 Å². The highest BCUT2D eigenvalue weighted by Crippen LogP contribution is 2.25. The number of likely N-dealkylation sites (tertiary alicyclic amines) is 1. The molecule has 2 heterocycles. The van der Waals surface area contributed by atoms with Gasteiger partial charge in [0.1, 0.15) is 5.75 Å². The van der Waals surface area contributed by atoms with Gasteiger partial charge in [0.05, 0.1) is 13.2 Å². The number of hydrogen-bond donors (Lipinski definition) is 1. The summed E-state index contributed by atoms with van der Waals surface area (Å²) in [6.45, 7) is 1.63. The maximum Gasteiger partial charge on any atom is 0.229 e. The molecule has 1 aromatic carbocycles. The molecule has 146 valence electrons. The third-order valence-electron chi connectivity index (χ3n) is 5.14. The maximum atomic E-state index is 12.3. The summed E-state index contributed by atoms with van der Waals surface area (Å²) >= 11 is 0. The molecule has 1 aromatic rings. The van der Waals surface area contributed by atoms with Crippen LogP contribution in [-0.2, 0) is 14.4 Å². The summed E-state index contributed by atoms with van der Waals surface area (Å²) in [4.78, 5) is 40.1. The van der Waals surface area contributed by atoms with Gasteiger partial charge in [0.2, 0.25) is 17.7 Å². The predicted octanol–water partition coefficient (Wildman–Crippen LogP) is 1.71. The van der Waals surface area contributed by atoms with E-state index in [1.165, 1.54) is 0 Å². The molecule has 0 aromatic heterocycles. The van der Waals surface area contributed by atoms with Gasteiger partial charge >= 0.3 is 0 Å². The SMILES string of the molecule is COc1cccc(N2CC(NC(=O)CCN3CCCCCC3=O)CC2=O)c1. The lowest BCUT2D eigenvalue weighted by molar-refractivity contribution is -0.131. The van der Waals surface area contributed by atoms with Crippen LogP contribution in [-0.4, -0.2) is 55.4 Å². The summed E-state index contributed by atoms with van der Waals surface area (Å²) < 4.78 is 5.21. The van der Waals surface area contributed by atoms with Crippen LogP contribution in [0.1, 0.15) is 38.5 Å². The third-order valence-corrected chi connectivity index (χ3v) is 5.14. The second-order valence-electron chi connectivity index (χ2n) is 7.12. The summed E-state index contributed by atoms with van der Waals surface area (Å²) in [6, 6.07) is 7.12. The molecular formula is C20H27N3O4.